The standard InChI is InChI=1S/C29H30N2O/c1-19-13-14-25-24(16-19)21(17-22-9-7-15-30(22)3)18-31(25)29-23-10-4-5-11-26(23)32-27-12-6-8-20(2)28(27)29/h4-6,8,10-14,16,18,22,29H,7,9,15,17H2,1-3H3/t22?,29-/m0/s1. The van der Waals surface area contributed by atoms with Gasteiger partial charge in [-0.2, -0.15) is 0 Å². The summed E-state index contributed by atoms with van der Waals surface area (Å²) < 4.78 is 8.86. The highest BCUT2D eigenvalue weighted by Crippen LogP contribution is 2.47. The lowest BCUT2D eigenvalue weighted by Gasteiger charge is -2.31. The van der Waals surface area contributed by atoms with Crippen LogP contribution in [-0.2, 0) is 6.42 Å². The van der Waals surface area contributed by atoms with Crippen molar-refractivity contribution in [1.82, 2.24) is 9.47 Å². The van der Waals surface area contributed by atoms with Gasteiger partial charge in [-0.05, 0) is 82.1 Å². The van der Waals surface area contributed by atoms with Gasteiger partial charge < -0.3 is 14.2 Å². The summed E-state index contributed by atoms with van der Waals surface area (Å²) in [6, 6.07) is 22.6. The molecule has 32 heavy (non-hydrogen) atoms. The summed E-state index contributed by atoms with van der Waals surface area (Å²) in [5.41, 5.74) is 7.86. The monoisotopic (exact) mass is 422 g/mol. The van der Waals surface area contributed by atoms with Crippen LogP contribution in [0, 0.1) is 13.8 Å². The molecule has 2 aliphatic rings. The van der Waals surface area contributed by atoms with Crippen molar-refractivity contribution in [2.24, 2.45) is 0 Å². The molecule has 1 unspecified atom stereocenters. The molecule has 1 fully saturated rings. The number of hydrogen-bond donors (Lipinski definition) is 0. The number of likely N-dealkylation sites (tertiary alicyclic amines) is 1. The van der Waals surface area contributed by atoms with Crippen LogP contribution in [0.3, 0.4) is 0 Å². The first kappa shape index (κ1) is 19.6. The number of para-hydroxylation sites is 1. The molecule has 3 heteroatoms. The van der Waals surface area contributed by atoms with Crippen molar-refractivity contribution in [2.45, 2.75) is 45.2 Å². The predicted molar refractivity (Wildman–Crippen MR) is 131 cm³/mol. The maximum Gasteiger partial charge on any atom is 0.133 e. The minimum atomic E-state index is 0.108. The van der Waals surface area contributed by atoms with Crippen LogP contribution in [0.2, 0.25) is 0 Å². The highest BCUT2D eigenvalue weighted by Gasteiger charge is 2.32. The second-order valence-corrected chi connectivity index (χ2v) is 9.59. The molecule has 0 N–H and O–H groups in total. The third-order valence-electron chi connectivity index (χ3n) is 7.47. The molecule has 0 spiro atoms. The van der Waals surface area contributed by atoms with Gasteiger partial charge in [-0.15, -0.1) is 0 Å². The molecule has 0 amide bonds. The van der Waals surface area contributed by atoms with Gasteiger partial charge in [0.25, 0.3) is 0 Å². The summed E-state index contributed by atoms with van der Waals surface area (Å²) in [5.74, 6) is 1.93. The SMILES string of the molecule is Cc1ccc2c(c1)c(CC1CCCN1C)cn2[C@H]1c2ccccc2Oc2cccc(C)c21. The molecule has 0 radical (unpaired) electrons. The normalized spacial score (nSPS) is 20.2. The molecule has 0 bridgehead atoms. The van der Waals surface area contributed by atoms with E-state index in [0.29, 0.717) is 6.04 Å². The number of aryl methyl sites for hydroxylation is 2. The zero-order valence-electron chi connectivity index (χ0n) is 19.1. The minimum Gasteiger partial charge on any atom is -0.457 e. The molecule has 4 aromatic rings. The van der Waals surface area contributed by atoms with Crippen LogP contribution in [0.4, 0.5) is 0 Å². The summed E-state index contributed by atoms with van der Waals surface area (Å²) in [6.45, 7) is 5.61. The van der Waals surface area contributed by atoms with Crippen molar-refractivity contribution >= 4 is 10.9 Å². The third-order valence-corrected chi connectivity index (χ3v) is 7.47. The van der Waals surface area contributed by atoms with Gasteiger partial charge in [-0.1, -0.05) is 42.0 Å². The third kappa shape index (κ3) is 3.07. The molecular weight excluding hydrogens is 392 g/mol. The Morgan fingerprint density at radius 1 is 0.969 bits per heavy atom. The van der Waals surface area contributed by atoms with E-state index in [1.807, 2.05) is 0 Å². The lowest BCUT2D eigenvalue weighted by molar-refractivity contribution is 0.309. The number of ether oxygens (including phenoxy) is 1. The van der Waals surface area contributed by atoms with Crippen LogP contribution in [0.25, 0.3) is 10.9 Å². The number of fused-ring (bicyclic) bond motifs is 3. The van der Waals surface area contributed by atoms with Crippen molar-refractivity contribution in [3.63, 3.8) is 0 Å². The average Bonchev–Trinajstić information content (AvgIpc) is 3.35. The Morgan fingerprint density at radius 3 is 2.66 bits per heavy atom. The van der Waals surface area contributed by atoms with Crippen LogP contribution < -0.4 is 4.74 Å². The molecule has 0 saturated carbocycles. The van der Waals surface area contributed by atoms with Gasteiger partial charge in [0.1, 0.15) is 11.5 Å². The van der Waals surface area contributed by atoms with Crippen LogP contribution in [0.1, 0.15) is 46.7 Å². The molecular formula is C29H30N2O. The number of aromatic nitrogens is 1. The summed E-state index contributed by atoms with van der Waals surface area (Å²) in [4.78, 5) is 2.53. The van der Waals surface area contributed by atoms with Crippen molar-refractivity contribution in [3.8, 4) is 11.5 Å². The molecule has 162 valence electrons. The van der Waals surface area contributed by atoms with E-state index in [9.17, 15) is 0 Å². The molecule has 1 aromatic heterocycles. The summed E-state index contributed by atoms with van der Waals surface area (Å²) >= 11 is 0. The number of rotatable bonds is 3. The minimum absolute atomic E-state index is 0.108. The van der Waals surface area contributed by atoms with E-state index >= 15 is 0 Å². The van der Waals surface area contributed by atoms with Gasteiger partial charge in [0, 0.05) is 34.3 Å². The van der Waals surface area contributed by atoms with E-state index in [2.05, 4.69) is 97.2 Å². The molecule has 1 saturated heterocycles. The Morgan fingerprint density at radius 2 is 1.81 bits per heavy atom. The van der Waals surface area contributed by atoms with E-state index < -0.39 is 0 Å². The first-order valence-corrected chi connectivity index (χ1v) is 11.8. The molecule has 3 nitrogen and oxygen atoms in total. The smallest absolute Gasteiger partial charge is 0.133 e. The van der Waals surface area contributed by atoms with Crippen LogP contribution in [-0.4, -0.2) is 29.1 Å². The Labute approximate surface area is 190 Å². The van der Waals surface area contributed by atoms with Gasteiger partial charge >= 0.3 is 0 Å². The van der Waals surface area contributed by atoms with Crippen molar-refractivity contribution in [3.05, 3.63) is 94.7 Å². The number of benzene rings is 3. The summed E-state index contributed by atoms with van der Waals surface area (Å²) in [5, 5.41) is 1.39. The number of likely N-dealkylation sites (N-methyl/N-ethyl adjacent to an activating group) is 1. The lowest BCUT2D eigenvalue weighted by atomic mass is 9.91. The van der Waals surface area contributed by atoms with Crippen molar-refractivity contribution < 1.29 is 4.74 Å². The van der Waals surface area contributed by atoms with Crippen LogP contribution in [0.15, 0.2) is 66.9 Å². The van der Waals surface area contributed by atoms with Crippen molar-refractivity contribution in [1.29, 1.82) is 0 Å². The Bertz CT molecular complexity index is 1320. The van der Waals surface area contributed by atoms with Gasteiger partial charge in [0.15, 0.2) is 0 Å². The van der Waals surface area contributed by atoms with E-state index in [4.69, 9.17) is 4.74 Å². The largest absolute Gasteiger partial charge is 0.457 e. The van der Waals surface area contributed by atoms with Crippen LogP contribution in [0.5, 0.6) is 11.5 Å². The van der Waals surface area contributed by atoms with E-state index in [-0.39, 0.29) is 6.04 Å². The van der Waals surface area contributed by atoms with Gasteiger partial charge in [0.2, 0.25) is 0 Å². The van der Waals surface area contributed by atoms with E-state index in [1.54, 1.807) is 0 Å². The quantitative estimate of drug-likeness (QED) is 0.324. The summed E-state index contributed by atoms with van der Waals surface area (Å²) in [6.07, 6.45) is 6.13. The maximum atomic E-state index is 6.35. The molecule has 6 rings (SSSR count). The first-order valence-electron chi connectivity index (χ1n) is 11.8. The predicted octanol–water partition coefficient (Wildman–Crippen LogP) is 6.64. The fourth-order valence-corrected chi connectivity index (χ4v) is 5.76. The highest BCUT2D eigenvalue weighted by atomic mass is 16.5. The first-order chi connectivity index (χ1) is 15.6. The Kier molecular flexibility index (Phi) is 4.62. The second kappa shape index (κ2) is 7.53. The molecule has 2 atom stereocenters. The van der Waals surface area contributed by atoms with Crippen molar-refractivity contribution in [2.75, 3.05) is 13.6 Å². The molecule has 0 aliphatic carbocycles. The molecule has 3 heterocycles. The summed E-state index contributed by atoms with van der Waals surface area (Å²) in [7, 11) is 2.27. The van der Waals surface area contributed by atoms with E-state index in [0.717, 1.165) is 17.9 Å². The van der Waals surface area contributed by atoms with Gasteiger partial charge in [0.05, 0.1) is 6.04 Å². The number of nitrogens with zero attached hydrogens (tertiary/aromatic N) is 2. The molecule has 2 aliphatic heterocycles. The average molecular weight is 423 g/mol. The second-order valence-electron chi connectivity index (χ2n) is 9.59. The number of hydrogen-bond acceptors (Lipinski definition) is 2. The maximum absolute atomic E-state index is 6.35. The Hall–Kier alpha value is -3.04. The fraction of sp³-hybridized carbons (Fsp3) is 0.310. The topological polar surface area (TPSA) is 17.4 Å². The fourth-order valence-electron chi connectivity index (χ4n) is 5.76. The van der Waals surface area contributed by atoms with Gasteiger partial charge in [-0.3, -0.25) is 0 Å². The molecule has 3 aromatic carbocycles. The zero-order valence-corrected chi connectivity index (χ0v) is 19.1. The van der Waals surface area contributed by atoms with Crippen LogP contribution >= 0.6 is 0 Å². The highest BCUT2D eigenvalue weighted by molar-refractivity contribution is 5.85. The Balaban J connectivity index is 1.58. The van der Waals surface area contributed by atoms with E-state index in [1.165, 1.54) is 58.1 Å². The lowest BCUT2D eigenvalue weighted by Crippen LogP contribution is -2.26. The van der Waals surface area contributed by atoms with Gasteiger partial charge in [-0.25, -0.2) is 0 Å². The zero-order chi connectivity index (χ0) is 21.8.